The van der Waals surface area contributed by atoms with Crippen LogP contribution in [-0.4, -0.2) is 29.4 Å². The van der Waals surface area contributed by atoms with Crippen molar-refractivity contribution < 1.29 is 19.2 Å². The van der Waals surface area contributed by atoms with E-state index in [0.29, 0.717) is 16.8 Å². The van der Waals surface area contributed by atoms with Gasteiger partial charge in [0.1, 0.15) is 4.88 Å². The van der Waals surface area contributed by atoms with E-state index in [4.69, 9.17) is 4.74 Å². The van der Waals surface area contributed by atoms with Crippen LogP contribution in [0.5, 0.6) is 0 Å². The van der Waals surface area contributed by atoms with Crippen LogP contribution in [0.25, 0.3) is 10.1 Å². The zero-order chi connectivity index (χ0) is 17.0. The summed E-state index contributed by atoms with van der Waals surface area (Å²) in [6, 6.07) is 5.91. The van der Waals surface area contributed by atoms with Crippen molar-refractivity contribution in [2.75, 3.05) is 6.54 Å². The topological polar surface area (TPSA) is 98.5 Å². The third kappa shape index (κ3) is 4.04. The Labute approximate surface area is 136 Å². The molecular weight excluding hydrogens is 320 g/mol. The van der Waals surface area contributed by atoms with Crippen molar-refractivity contribution >= 4 is 39.0 Å². The molecule has 0 aliphatic heterocycles. The second-order valence-corrected chi connectivity index (χ2v) is 6.01. The number of benzene rings is 1. The molecule has 7 nitrogen and oxygen atoms in total. The Hall–Kier alpha value is -2.48. The maximum absolute atomic E-state index is 12.1. The van der Waals surface area contributed by atoms with Crippen molar-refractivity contribution in [3.8, 4) is 0 Å². The predicted molar refractivity (Wildman–Crippen MR) is 86.7 cm³/mol. The molecule has 1 amide bonds. The van der Waals surface area contributed by atoms with Gasteiger partial charge in [0.15, 0.2) is 6.10 Å². The maximum Gasteiger partial charge on any atom is 0.349 e. The van der Waals surface area contributed by atoms with Gasteiger partial charge in [-0.15, -0.1) is 11.3 Å². The molecule has 0 bridgehead atoms. The minimum atomic E-state index is -0.895. The van der Waals surface area contributed by atoms with Gasteiger partial charge >= 0.3 is 5.97 Å². The van der Waals surface area contributed by atoms with Crippen molar-refractivity contribution in [3.05, 3.63) is 39.3 Å². The zero-order valence-corrected chi connectivity index (χ0v) is 13.5. The van der Waals surface area contributed by atoms with E-state index < -0.39 is 17.0 Å². The Kier molecular flexibility index (Phi) is 5.28. The van der Waals surface area contributed by atoms with Gasteiger partial charge in [-0.3, -0.25) is 14.9 Å². The third-order valence-electron chi connectivity index (χ3n) is 3.11. The fourth-order valence-corrected chi connectivity index (χ4v) is 2.84. The van der Waals surface area contributed by atoms with Gasteiger partial charge in [-0.25, -0.2) is 4.79 Å². The number of carbonyl (C=O) groups is 2. The number of ether oxygens (including phenoxy) is 1. The van der Waals surface area contributed by atoms with Crippen LogP contribution in [-0.2, 0) is 9.53 Å². The summed E-state index contributed by atoms with van der Waals surface area (Å²) >= 11 is 1.17. The summed E-state index contributed by atoms with van der Waals surface area (Å²) < 4.78 is 5.87. The molecule has 1 atom stereocenters. The molecule has 1 N–H and O–H groups in total. The number of hydrogen-bond donors (Lipinski definition) is 1. The van der Waals surface area contributed by atoms with Crippen LogP contribution in [0.1, 0.15) is 29.9 Å². The normalized spacial score (nSPS) is 11.9. The number of nitro benzene ring substituents is 1. The Morgan fingerprint density at radius 3 is 2.78 bits per heavy atom. The smallest absolute Gasteiger partial charge is 0.349 e. The quantitative estimate of drug-likeness (QED) is 0.497. The number of nitrogens with one attached hydrogen (secondary N) is 1. The molecule has 0 fully saturated rings. The van der Waals surface area contributed by atoms with Crippen LogP contribution < -0.4 is 5.32 Å². The first-order chi connectivity index (χ1) is 10.9. The van der Waals surface area contributed by atoms with Gasteiger partial charge in [0.2, 0.25) is 0 Å². The van der Waals surface area contributed by atoms with Gasteiger partial charge in [-0.05, 0) is 25.5 Å². The molecular formula is C15H16N2O5S. The highest BCUT2D eigenvalue weighted by atomic mass is 32.1. The number of non-ortho nitro benzene ring substituents is 1. The Balaban J connectivity index is 2.11. The molecule has 23 heavy (non-hydrogen) atoms. The second kappa shape index (κ2) is 7.19. The lowest BCUT2D eigenvalue weighted by atomic mass is 10.2. The molecule has 0 spiro atoms. The summed E-state index contributed by atoms with van der Waals surface area (Å²) in [5.74, 6) is -0.968. The monoisotopic (exact) mass is 336 g/mol. The highest BCUT2D eigenvalue weighted by Gasteiger charge is 2.20. The third-order valence-corrected chi connectivity index (χ3v) is 4.21. The number of nitrogens with zero attached hydrogens (tertiary/aromatic N) is 1. The molecule has 1 heterocycles. The minimum absolute atomic E-state index is 0.0393. The van der Waals surface area contributed by atoms with Gasteiger partial charge in [0, 0.05) is 28.8 Å². The fraction of sp³-hybridized carbons (Fsp3) is 0.333. The molecule has 0 saturated heterocycles. The lowest BCUT2D eigenvalue weighted by Crippen LogP contribution is -2.36. The minimum Gasteiger partial charge on any atom is -0.448 e. The molecule has 0 unspecified atom stereocenters. The van der Waals surface area contributed by atoms with Crippen molar-refractivity contribution in [3.63, 3.8) is 0 Å². The average Bonchev–Trinajstić information content (AvgIpc) is 2.95. The summed E-state index contributed by atoms with van der Waals surface area (Å²) in [5, 5.41) is 14.0. The van der Waals surface area contributed by atoms with Gasteiger partial charge in [0.25, 0.3) is 11.6 Å². The standard InChI is InChI=1S/C15H16N2O5S/c1-3-6-16-14(18)9(2)22-15(19)13-8-10-7-11(17(20)21)4-5-12(10)23-13/h4-5,7-9H,3,6H2,1-2H3,(H,16,18)/t9-/m0/s1. The SMILES string of the molecule is CCCNC(=O)[C@H](C)OC(=O)c1cc2cc([N+](=O)[O-])ccc2s1. The highest BCUT2D eigenvalue weighted by molar-refractivity contribution is 7.20. The summed E-state index contributed by atoms with van der Waals surface area (Å²) in [6.45, 7) is 3.95. The van der Waals surface area contributed by atoms with E-state index in [-0.39, 0.29) is 11.6 Å². The maximum atomic E-state index is 12.1. The van der Waals surface area contributed by atoms with E-state index in [9.17, 15) is 19.7 Å². The molecule has 0 saturated carbocycles. The number of amides is 1. The summed E-state index contributed by atoms with van der Waals surface area (Å²) in [7, 11) is 0. The van der Waals surface area contributed by atoms with E-state index >= 15 is 0 Å². The average molecular weight is 336 g/mol. The van der Waals surface area contributed by atoms with E-state index in [0.717, 1.165) is 11.1 Å². The van der Waals surface area contributed by atoms with Crippen molar-refractivity contribution in [1.82, 2.24) is 5.32 Å². The molecule has 0 radical (unpaired) electrons. The lowest BCUT2D eigenvalue weighted by Gasteiger charge is -2.12. The van der Waals surface area contributed by atoms with Crippen LogP contribution in [0.3, 0.4) is 0 Å². The summed E-state index contributed by atoms with van der Waals surface area (Å²) in [5.41, 5.74) is -0.0393. The summed E-state index contributed by atoms with van der Waals surface area (Å²) in [4.78, 5) is 34.4. The van der Waals surface area contributed by atoms with Crippen LogP contribution in [0.4, 0.5) is 5.69 Å². The first-order valence-electron chi connectivity index (χ1n) is 7.09. The Morgan fingerprint density at radius 1 is 1.39 bits per heavy atom. The molecule has 1 aromatic carbocycles. The number of fused-ring (bicyclic) bond motifs is 1. The van der Waals surface area contributed by atoms with Gasteiger partial charge in [0.05, 0.1) is 4.92 Å². The van der Waals surface area contributed by atoms with Gasteiger partial charge in [-0.2, -0.15) is 0 Å². The first-order valence-corrected chi connectivity index (χ1v) is 7.90. The molecule has 0 aliphatic carbocycles. The Bertz CT molecular complexity index is 755. The first kappa shape index (κ1) is 16.9. The number of esters is 1. The van der Waals surface area contributed by atoms with Gasteiger partial charge in [-0.1, -0.05) is 6.92 Å². The molecule has 122 valence electrons. The molecule has 1 aromatic heterocycles. The molecule has 8 heteroatoms. The number of carbonyl (C=O) groups excluding carboxylic acids is 2. The fourth-order valence-electron chi connectivity index (χ4n) is 1.91. The van der Waals surface area contributed by atoms with E-state index in [1.54, 1.807) is 6.07 Å². The van der Waals surface area contributed by atoms with Crippen LogP contribution in [0, 0.1) is 10.1 Å². The number of rotatable bonds is 6. The Morgan fingerprint density at radius 2 is 2.13 bits per heavy atom. The van der Waals surface area contributed by atoms with Crippen LogP contribution in [0.2, 0.25) is 0 Å². The molecule has 0 aliphatic rings. The number of thiophene rings is 1. The van der Waals surface area contributed by atoms with Crippen LogP contribution >= 0.6 is 11.3 Å². The largest absolute Gasteiger partial charge is 0.448 e. The van der Waals surface area contributed by atoms with E-state index in [1.165, 1.54) is 36.5 Å². The van der Waals surface area contributed by atoms with Crippen molar-refractivity contribution in [2.24, 2.45) is 0 Å². The lowest BCUT2D eigenvalue weighted by molar-refractivity contribution is -0.384. The predicted octanol–water partition coefficient (Wildman–Crippen LogP) is 2.88. The van der Waals surface area contributed by atoms with E-state index in [2.05, 4.69) is 5.32 Å². The van der Waals surface area contributed by atoms with Crippen LogP contribution in [0.15, 0.2) is 24.3 Å². The molecule has 2 rings (SSSR count). The highest BCUT2D eigenvalue weighted by Crippen LogP contribution is 2.29. The number of nitro groups is 1. The summed E-state index contributed by atoms with van der Waals surface area (Å²) in [6.07, 6.45) is -0.102. The van der Waals surface area contributed by atoms with E-state index in [1.807, 2.05) is 6.92 Å². The zero-order valence-electron chi connectivity index (χ0n) is 12.7. The van der Waals surface area contributed by atoms with Crippen molar-refractivity contribution in [2.45, 2.75) is 26.4 Å². The van der Waals surface area contributed by atoms with Crippen molar-refractivity contribution in [1.29, 1.82) is 0 Å². The van der Waals surface area contributed by atoms with Gasteiger partial charge < -0.3 is 10.1 Å². The second-order valence-electron chi connectivity index (χ2n) is 4.93. The molecule has 2 aromatic rings. The number of hydrogen-bond acceptors (Lipinski definition) is 6.